The molecule has 1 aromatic heterocycles. The number of piperazine rings is 1. The number of benzene rings is 2. The van der Waals surface area contributed by atoms with Crippen LogP contribution >= 0.6 is 23.2 Å². The fourth-order valence-electron chi connectivity index (χ4n) is 4.33. The zero-order valence-electron chi connectivity index (χ0n) is 18.2. The summed E-state index contributed by atoms with van der Waals surface area (Å²) in [6.07, 6.45) is 5.06. The van der Waals surface area contributed by atoms with Crippen LogP contribution in [-0.4, -0.2) is 55.0 Å². The summed E-state index contributed by atoms with van der Waals surface area (Å²) in [6.45, 7) is 5.57. The number of hydrogen-bond acceptors (Lipinski definition) is 5. The Morgan fingerprint density at radius 1 is 1.12 bits per heavy atom. The molecule has 0 spiro atoms. The van der Waals surface area contributed by atoms with E-state index >= 15 is 0 Å². The van der Waals surface area contributed by atoms with Crippen LogP contribution in [0.15, 0.2) is 61.2 Å². The summed E-state index contributed by atoms with van der Waals surface area (Å²) in [5.74, 6) is -0.242. The van der Waals surface area contributed by atoms with Gasteiger partial charge in [-0.2, -0.15) is 0 Å². The van der Waals surface area contributed by atoms with E-state index < -0.39 is 5.79 Å². The quantitative estimate of drug-likeness (QED) is 0.552. The van der Waals surface area contributed by atoms with E-state index in [1.54, 1.807) is 24.7 Å². The van der Waals surface area contributed by atoms with E-state index in [1.165, 1.54) is 5.69 Å². The van der Waals surface area contributed by atoms with Gasteiger partial charge in [0.1, 0.15) is 18.5 Å². The number of halogens is 2. The highest BCUT2D eigenvalue weighted by Gasteiger charge is 2.45. The third kappa shape index (κ3) is 5.13. The van der Waals surface area contributed by atoms with Gasteiger partial charge in [0.05, 0.1) is 50.7 Å². The lowest BCUT2D eigenvalue weighted by atomic mass is 10.1. The first-order valence-corrected chi connectivity index (χ1v) is 11.9. The molecule has 33 heavy (non-hydrogen) atoms. The van der Waals surface area contributed by atoms with Gasteiger partial charge in [0.15, 0.2) is 0 Å². The van der Waals surface area contributed by atoms with E-state index in [0.29, 0.717) is 29.8 Å². The molecule has 2 N–H and O–H groups in total. The minimum absolute atomic E-state index is 0.252. The second-order valence-electron chi connectivity index (χ2n) is 8.32. The molecule has 7 nitrogen and oxygen atoms in total. The first-order valence-electron chi connectivity index (χ1n) is 11.1. The van der Waals surface area contributed by atoms with Crippen molar-refractivity contribution in [1.82, 2.24) is 9.55 Å². The van der Waals surface area contributed by atoms with Gasteiger partial charge in [-0.3, -0.25) is 0 Å². The van der Waals surface area contributed by atoms with Crippen LogP contribution in [0.25, 0.3) is 0 Å². The largest absolute Gasteiger partial charge is 0.491 e. The summed E-state index contributed by atoms with van der Waals surface area (Å²) in [7, 11) is 0. The van der Waals surface area contributed by atoms with Crippen LogP contribution in [0.1, 0.15) is 5.56 Å². The number of hydrogen-bond donors (Lipinski definition) is 1. The van der Waals surface area contributed by atoms with Crippen molar-refractivity contribution in [3.63, 3.8) is 0 Å². The number of quaternary nitrogens is 1. The Kier molecular flexibility index (Phi) is 6.76. The molecule has 0 bridgehead atoms. The number of imidazole rings is 1. The minimum atomic E-state index is -1.05. The van der Waals surface area contributed by atoms with Crippen molar-refractivity contribution < 1.29 is 19.5 Å². The number of aromatic nitrogens is 2. The Labute approximate surface area is 203 Å². The zero-order chi connectivity index (χ0) is 22.7. The molecule has 0 saturated carbocycles. The molecule has 3 heterocycles. The summed E-state index contributed by atoms with van der Waals surface area (Å²) < 4.78 is 20.6. The maximum absolute atomic E-state index is 6.53. The Hall–Kier alpha value is -2.29. The van der Waals surface area contributed by atoms with Gasteiger partial charge in [0.25, 0.3) is 0 Å². The molecular formula is C24H27Cl2N4O3+. The van der Waals surface area contributed by atoms with Gasteiger partial charge in [-0.25, -0.2) is 4.98 Å². The van der Waals surface area contributed by atoms with Crippen LogP contribution < -0.4 is 15.0 Å². The molecule has 2 aliphatic rings. The third-order valence-electron chi connectivity index (χ3n) is 5.99. The highest BCUT2D eigenvalue weighted by molar-refractivity contribution is 6.35. The normalized spacial score (nSPS) is 23.1. The smallest absolute Gasteiger partial charge is 0.215 e. The number of anilines is 1. The van der Waals surface area contributed by atoms with Gasteiger partial charge >= 0.3 is 0 Å². The Morgan fingerprint density at radius 2 is 1.94 bits per heavy atom. The summed E-state index contributed by atoms with van der Waals surface area (Å²) in [4.78, 5) is 6.53. The molecule has 2 saturated heterocycles. The second-order valence-corrected chi connectivity index (χ2v) is 9.16. The van der Waals surface area contributed by atoms with Crippen molar-refractivity contribution in [2.75, 3.05) is 44.3 Å². The van der Waals surface area contributed by atoms with Crippen LogP contribution in [0.5, 0.6) is 5.75 Å². The molecule has 2 atom stereocenters. The molecule has 9 heteroatoms. The summed E-state index contributed by atoms with van der Waals surface area (Å²) in [5, 5.41) is 3.41. The van der Waals surface area contributed by atoms with E-state index in [0.717, 1.165) is 37.5 Å². The molecule has 0 amide bonds. The van der Waals surface area contributed by atoms with Crippen LogP contribution in [0.3, 0.4) is 0 Å². The first-order chi connectivity index (χ1) is 16.1. The van der Waals surface area contributed by atoms with Gasteiger partial charge in [-0.05, 0) is 36.4 Å². The van der Waals surface area contributed by atoms with Crippen molar-refractivity contribution in [3.8, 4) is 5.75 Å². The molecule has 2 aromatic carbocycles. The van der Waals surface area contributed by atoms with E-state index in [2.05, 4.69) is 27.3 Å². The second kappa shape index (κ2) is 9.91. The lowest BCUT2D eigenvalue weighted by molar-refractivity contribution is -0.655. The highest BCUT2D eigenvalue weighted by atomic mass is 35.5. The van der Waals surface area contributed by atoms with Gasteiger partial charge in [-0.15, -0.1) is 0 Å². The van der Waals surface area contributed by atoms with Crippen LogP contribution in [0, 0.1) is 0 Å². The number of ether oxygens (including phenoxy) is 3. The molecule has 3 aromatic rings. The molecule has 0 aliphatic carbocycles. The molecule has 0 radical (unpaired) electrons. The topological polar surface area (TPSA) is 65.4 Å². The van der Waals surface area contributed by atoms with Gasteiger partial charge < -0.3 is 29.0 Å². The molecule has 5 rings (SSSR count). The van der Waals surface area contributed by atoms with Crippen LogP contribution in [0.2, 0.25) is 10.0 Å². The lowest BCUT2D eigenvalue weighted by Gasteiger charge is -2.30. The zero-order valence-corrected chi connectivity index (χ0v) is 19.7. The predicted octanol–water partition coefficient (Wildman–Crippen LogP) is 2.92. The fraction of sp³-hybridized carbons (Fsp3) is 0.375. The van der Waals surface area contributed by atoms with E-state index in [1.807, 2.05) is 29.0 Å². The van der Waals surface area contributed by atoms with Gasteiger partial charge in [0, 0.05) is 28.7 Å². The van der Waals surface area contributed by atoms with E-state index in [9.17, 15) is 0 Å². The summed E-state index contributed by atoms with van der Waals surface area (Å²) in [6, 6.07) is 13.6. The average Bonchev–Trinajstić information content (AvgIpc) is 3.49. The molecule has 2 fully saturated rings. The monoisotopic (exact) mass is 489 g/mol. The average molecular weight is 490 g/mol. The van der Waals surface area contributed by atoms with Crippen LogP contribution in [0.4, 0.5) is 5.69 Å². The van der Waals surface area contributed by atoms with E-state index in [4.69, 9.17) is 37.4 Å². The van der Waals surface area contributed by atoms with Crippen molar-refractivity contribution >= 4 is 28.9 Å². The standard InChI is InChI=1S/C24H26Cl2N4O3/c25-18-1-6-22(23(26)13-18)24(16-29-10-7-28-17-29)32-15-21(33-24)14-31-20-4-2-19(3-5-20)30-11-8-27-9-12-30/h1-7,10,13,17,21,27H,8-9,11-12,14-16H2/p+1. The predicted molar refractivity (Wildman–Crippen MR) is 127 cm³/mol. The lowest BCUT2D eigenvalue weighted by Crippen LogP contribution is -2.89. The van der Waals surface area contributed by atoms with Gasteiger partial charge in [0.2, 0.25) is 5.79 Å². The van der Waals surface area contributed by atoms with Crippen molar-refractivity contribution in [2.24, 2.45) is 0 Å². The minimum Gasteiger partial charge on any atom is -0.491 e. The summed E-state index contributed by atoms with van der Waals surface area (Å²) in [5.41, 5.74) is 1.96. The van der Waals surface area contributed by atoms with Crippen molar-refractivity contribution in [2.45, 2.75) is 18.4 Å². The SMILES string of the molecule is Clc1ccc(C2(Cn3ccnc3)OCC(COc3ccc(N4CC[NH2+]CC4)cc3)O2)c(Cl)c1. The van der Waals surface area contributed by atoms with Crippen molar-refractivity contribution in [1.29, 1.82) is 0 Å². The third-order valence-corrected chi connectivity index (χ3v) is 6.54. The van der Waals surface area contributed by atoms with Gasteiger partial charge in [-0.1, -0.05) is 29.3 Å². The number of nitrogens with two attached hydrogens (primary N) is 1. The Balaban J connectivity index is 1.26. The molecular weight excluding hydrogens is 463 g/mol. The molecule has 174 valence electrons. The molecule has 2 aliphatic heterocycles. The van der Waals surface area contributed by atoms with E-state index in [-0.39, 0.29) is 6.10 Å². The Bertz CT molecular complexity index is 1060. The Morgan fingerprint density at radius 3 is 2.67 bits per heavy atom. The van der Waals surface area contributed by atoms with Crippen LogP contribution in [-0.2, 0) is 21.8 Å². The highest BCUT2D eigenvalue weighted by Crippen LogP contribution is 2.40. The summed E-state index contributed by atoms with van der Waals surface area (Å²) >= 11 is 12.6. The number of rotatable bonds is 7. The maximum atomic E-state index is 6.53. The molecule has 2 unspecified atom stereocenters. The first kappa shape index (κ1) is 22.5. The fourth-order valence-corrected chi connectivity index (χ4v) is 4.88. The number of nitrogens with zero attached hydrogens (tertiary/aromatic N) is 3. The van der Waals surface area contributed by atoms with Crippen molar-refractivity contribution in [3.05, 3.63) is 76.8 Å². The maximum Gasteiger partial charge on any atom is 0.215 e.